The summed E-state index contributed by atoms with van der Waals surface area (Å²) in [6.45, 7) is 3.08. The maximum atomic E-state index is 11.8. The number of carbonyl (C=O) groups is 1. The van der Waals surface area contributed by atoms with Gasteiger partial charge in [0, 0.05) is 17.6 Å². The van der Waals surface area contributed by atoms with Crippen LogP contribution in [0.4, 0.5) is 0 Å². The van der Waals surface area contributed by atoms with Crippen molar-refractivity contribution in [1.82, 2.24) is 4.57 Å². The fraction of sp³-hybridized carbons (Fsp3) is 0.438. The van der Waals surface area contributed by atoms with E-state index in [1.807, 2.05) is 6.07 Å². The molecular weight excluding hydrogens is 274 g/mol. The van der Waals surface area contributed by atoms with Crippen LogP contribution in [0.25, 0.3) is 10.9 Å². The molecule has 0 unspecified atom stereocenters. The minimum atomic E-state index is -0.370. The molecule has 106 valence electrons. The summed E-state index contributed by atoms with van der Waals surface area (Å²) < 4.78 is 7.14. The van der Waals surface area contributed by atoms with Crippen molar-refractivity contribution >= 4 is 28.5 Å². The highest BCUT2D eigenvalue weighted by Crippen LogP contribution is 2.38. The van der Waals surface area contributed by atoms with E-state index in [0.29, 0.717) is 10.6 Å². The molecule has 0 amide bonds. The first-order valence-corrected chi connectivity index (χ1v) is 7.47. The molecule has 0 saturated carbocycles. The van der Waals surface area contributed by atoms with Gasteiger partial charge in [-0.1, -0.05) is 11.6 Å². The first kappa shape index (κ1) is 13.5. The number of hydrogen-bond donors (Lipinski definition) is 0. The molecule has 0 fully saturated rings. The molecule has 0 atom stereocenters. The van der Waals surface area contributed by atoms with Crippen molar-refractivity contribution in [3.05, 3.63) is 34.0 Å². The van der Waals surface area contributed by atoms with Gasteiger partial charge in [0.05, 0.1) is 23.2 Å². The monoisotopic (exact) mass is 291 g/mol. The van der Waals surface area contributed by atoms with Gasteiger partial charge in [-0.2, -0.15) is 0 Å². The molecule has 1 heterocycles. The van der Waals surface area contributed by atoms with Crippen molar-refractivity contribution in [2.75, 3.05) is 7.11 Å². The zero-order chi connectivity index (χ0) is 14.3. The number of fused-ring (bicyclic) bond motifs is 3. The Hall–Kier alpha value is -1.48. The van der Waals surface area contributed by atoms with Crippen molar-refractivity contribution in [3.63, 3.8) is 0 Å². The molecule has 0 saturated heterocycles. The van der Waals surface area contributed by atoms with Crippen LogP contribution in [-0.2, 0) is 24.1 Å². The Balaban J connectivity index is 2.34. The third kappa shape index (κ3) is 1.84. The van der Waals surface area contributed by atoms with Crippen LogP contribution in [0.1, 0.15) is 41.4 Å². The molecule has 0 radical (unpaired) electrons. The number of rotatable bonds is 2. The smallest absolute Gasteiger partial charge is 0.339 e. The highest BCUT2D eigenvalue weighted by atomic mass is 35.5. The first-order valence-electron chi connectivity index (χ1n) is 7.09. The third-order valence-electron chi connectivity index (χ3n) is 4.20. The molecule has 1 aromatic carbocycles. The van der Waals surface area contributed by atoms with Gasteiger partial charge in [-0.05, 0) is 50.3 Å². The summed E-state index contributed by atoms with van der Waals surface area (Å²) in [6, 6.07) is 3.77. The maximum absolute atomic E-state index is 11.8. The molecule has 1 aliphatic carbocycles. The molecule has 0 bridgehead atoms. The summed E-state index contributed by atoms with van der Waals surface area (Å²) in [5, 5.41) is 1.59. The summed E-state index contributed by atoms with van der Waals surface area (Å²) in [6.07, 6.45) is 4.56. The number of aromatic nitrogens is 1. The summed E-state index contributed by atoms with van der Waals surface area (Å²) in [5.41, 5.74) is 4.31. The van der Waals surface area contributed by atoms with E-state index in [9.17, 15) is 4.79 Å². The van der Waals surface area contributed by atoms with E-state index in [0.717, 1.165) is 30.3 Å². The predicted molar refractivity (Wildman–Crippen MR) is 80.6 cm³/mol. The fourth-order valence-corrected chi connectivity index (χ4v) is 3.66. The summed E-state index contributed by atoms with van der Waals surface area (Å²) >= 11 is 6.51. The van der Waals surface area contributed by atoms with Crippen molar-refractivity contribution in [2.45, 2.75) is 39.2 Å². The van der Waals surface area contributed by atoms with Crippen LogP contribution in [0, 0.1) is 0 Å². The topological polar surface area (TPSA) is 31.2 Å². The van der Waals surface area contributed by atoms with E-state index < -0.39 is 0 Å². The van der Waals surface area contributed by atoms with Gasteiger partial charge in [-0.25, -0.2) is 4.79 Å². The lowest BCUT2D eigenvalue weighted by atomic mass is 9.95. The number of methoxy groups -OCH3 is 1. The second-order valence-corrected chi connectivity index (χ2v) is 5.57. The fourth-order valence-electron chi connectivity index (χ4n) is 3.31. The van der Waals surface area contributed by atoms with E-state index in [-0.39, 0.29) is 5.97 Å². The average Bonchev–Trinajstić information content (AvgIpc) is 2.81. The number of hydrogen-bond acceptors (Lipinski definition) is 2. The molecule has 1 aliphatic rings. The number of esters is 1. The van der Waals surface area contributed by atoms with Crippen molar-refractivity contribution < 1.29 is 9.53 Å². The van der Waals surface area contributed by atoms with E-state index in [1.54, 1.807) is 6.07 Å². The molecule has 0 aliphatic heterocycles. The molecular formula is C16H18ClNO2. The number of ether oxygens (including phenoxy) is 1. The van der Waals surface area contributed by atoms with Gasteiger partial charge >= 0.3 is 5.97 Å². The van der Waals surface area contributed by atoms with Gasteiger partial charge in [0.15, 0.2) is 0 Å². The van der Waals surface area contributed by atoms with Crippen LogP contribution < -0.4 is 0 Å². The van der Waals surface area contributed by atoms with Gasteiger partial charge in [0.1, 0.15) is 0 Å². The van der Waals surface area contributed by atoms with Crippen LogP contribution in [0.3, 0.4) is 0 Å². The molecule has 3 rings (SSSR count). The number of carbonyl (C=O) groups excluding carboxylic acids is 1. The van der Waals surface area contributed by atoms with E-state index >= 15 is 0 Å². The largest absolute Gasteiger partial charge is 0.465 e. The average molecular weight is 292 g/mol. The van der Waals surface area contributed by atoms with Crippen molar-refractivity contribution in [2.24, 2.45) is 0 Å². The lowest BCUT2D eigenvalue weighted by Crippen LogP contribution is -2.07. The predicted octanol–water partition coefficient (Wildman–Crippen LogP) is 3.98. The van der Waals surface area contributed by atoms with E-state index in [2.05, 4.69) is 11.5 Å². The lowest BCUT2D eigenvalue weighted by Gasteiger charge is -2.14. The van der Waals surface area contributed by atoms with Crippen LogP contribution in [-0.4, -0.2) is 17.6 Å². The molecule has 0 spiro atoms. The Labute approximate surface area is 123 Å². The first-order chi connectivity index (χ1) is 9.69. The minimum absolute atomic E-state index is 0.370. The van der Waals surface area contributed by atoms with Crippen molar-refractivity contribution in [3.8, 4) is 0 Å². The Bertz CT molecular complexity index is 688. The second-order valence-electron chi connectivity index (χ2n) is 5.19. The van der Waals surface area contributed by atoms with E-state index in [1.165, 1.54) is 31.2 Å². The Morgan fingerprint density at radius 2 is 2.10 bits per heavy atom. The zero-order valence-electron chi connectivity index (χ0n) is 11.8. The van der Waals surface area contributed by atoms with Crippen LogP contribution in [0.15, 0.2) is 12.1 Å². The van der Waals surface area contributed by atoms with Gasteiger partial charge in [0.2, 0.25) is 0 Å². The maximum Gasteiger partial charge on any atom is 0.339 e. The molecule has 0 N–H and O–H groups in total. The lowest BCUT2D eigenvalue weighted by molar-refractivity contribution is 0.0601. The molecule has 4 heteroatoms. The Morgan fingerprint density at radius 3 is 2.80 bits per heavy atom. The highest BCUT2D eigenvalue weighted by molar-refractivity contribution is 6.38. The standard InChI is InChI=1S/C16H18ClNO2/c1-3-18-12-7-5-4-6-10(12)14-13(18)9-8-11(15(14)17)16(19)20-2/h8-9H,3-7H2,1-2H3. The van der Waals surface area contributed by atoms with Crippen molar-refractivity contribution in [1.29, 1.82) is 0 Å². The van der Waals surface area contributed by atoms with Gasteiger partial charge in [-0.3, -0.25) is 0 Å². The number of aryl methyl sites for hydroxylation is 2. The SMILES string of the molecule is CCn1c2c(c3c(Cl)c(C(=O)OC)ccc31)CCCC2. The van der Waals surface area contributed by atoms with Crippen LogP contribution >= 0.6 is 11.6 Å². The number of halogens is 1. The quantitative estimate of drug-likeness (QED) is 0.784. The zero-order valence-corrected chi connectivity index (χ0v) is 12.6. The van der Waals surface area contributed by atoms with Crippen LogP contribution in [0.5, 0.6) is 0 Å². The summed E-state index contributed by atoms with van der Waals surface area (Å²) in [7, 11) is 1.38. The van der Waals surface area contributed by atoms with Gasteiger partial charge in [0.25, 0.3) is 0 Å². The summed E-state index contributed by atoms with van der Waals surface area (Å²) in [4.78, 5) is 11.8. The molecule has 3 nitrogen and oxygen atoms in total. The van der Waals surface area contributed by atoms with E-state index in [4.69, 9.17) is 16.3 Å². The third-order valence-corrected chi connectivity index (χ3v) is 4.59. The highest BCUT2D eigenvalue weighted by Gasteiger charge is 2.24. The Morgan fingerprint density at radius 1 is 1.35 bits per heavy atom. The molecule has 2 aromatic rings. The molecule has 20 heavy (non-hydrogen) atoms. The van der Waals surface area contributed by atoms with Gasteiger partial charge < -0.3 is 9.30 Å². The minimum Gasteiger partial charge on any atom is -0.465 e. The number of benzene rings is 1. The van der Waals surface area contributed by atoms with Gasteiger partial charge in [-0.15, -0.1) is 0 Å². The summed E-state index contributed by atoms with van der Waals surface area (Å²) in [5.74, 6) is -0.370. The Kier molecular flexibility index (Phi) is 3.47. The van der Waals surface area contributed by atoms with Crippen LogP contribution in [0.2, 0.25) is 5.02 Å². The molecule has 1 aromatic heterocycles. The number of nitrogens with zero attached hydrogens (tertiary/aromatic N) is 1. The normalized spacial score (nSPS) is 14.3. The second kappa shape index (κ2) is 5.13.